The fourth-order valence-electron chi connectivity index (χ4n) is 1.87. The van der Waals surface area contributed by atoms with Gasteiger partial charge in [0.25, 0.3) is 0 Å². The van der Waals surface area contributed by atoms with Gasteiger partial charge in [0.2, 0.25) is 0 Å². The molecule has 5 heteroatoms. The van der Waals surface area contributed by atoms with Crippen molar-refractivity contribution in [2.75, 3.05) is 26.8 Å². The molecule has 0 aliphatic carbocycles. The summed E-state index contributed by atoms with van der Waals surface area (Å²) in [5, 5.41) is 4.44. The fraction of sp³-hybridized carbons (Fsp3) is 0.500. The molecule has 1 aliphatic heterocycles. The summed E-state index contributed by atoms with van der Waals surface area (Å²) in [7, 11) is 1.70. The summed E-state index contributed by atoms with van der Waals surface area (Å²) >= 11 is 11.9. The van der Waals surface area contributed by atoms with Crippen LogP contribution in [0.1, 0.15) is 6.42 Å². The Labute approximate surface area is 111 Å². The summed E-state index contributed by atoms with van der Waals surface area (Å²) in [6.45, 7) is 2.21. The van der Waals surface area contributed by atoms with Gasteiger partial charge in [0, 0.05) is 24.7 Å². The van der Waals surface area contributed by atoms with Crippen molar-refractivity contribution >= 4 is 23.2 Å². The Morgan fingerprint density at radius 3 is 2.88 bits per heavy atom. The molecular weight excluding hydrogens is 261 g/mol. The summed E-state index contributed by atoms with van der Waals surface area (Å²) in [6.07, 6.45) is 0.932. The number of hydrogen-bond donors (Lipinski definition) is 1. The summed E-state index contributed by atoms with van der Waals surface area (Å²) in [5.41, 5.74) is -0.258. The highest BCUT2D eigenvalue weighted by Crippen LogP contribution is 2.29. The molecule has 0 radical (unpaired) electrons. The van der Waals surface area contributed by atoms with Gasteiger partial charge in [0.1, 0.15) is 18.0 Å². The molecule has 0 unspecified atom stereocenters. The Morgan fingerprint density at radius 2 is 2.24 bits per heavy atom. The zero-order valence-corrected chi connectivity index (χ0v) is 11.1. The molecule has 1 fully saturated rings. The van der Waals surface area contributed by atoms with E-state index in [1.807, 2.05) is 0 Å². The van der Waals surface area contributed by atoms with Crippen LogP contribution in [0.4, 0.5) is 0 Å². The Hall–Kier alpha value is -0.480. The minimum atomic E-state index is -0.258. The second-order valence-electron chi connectivity index (χ2n) is 4.18. The maximum absolute atomic E-state index is 6.03. The first-order valence-corrected chi connectivity index (χ1v) is 6.24. The topological polar surface area (TPSA) is 30.5 Å². The molecule has 1 saturated heterocycles. The average molecular weight is 276 g/mol. The van der Waals surface area contributed by atoms with E-state index in [9.17, 15) is 0 Å². The van der Waals surface area contributed by atoms with Crippen LogP contribution in [-0.2, 0) is 4.74 Å². The van der Waals surface area contributed by atoms with Crippen LogP contribution in [0.15, 0.2) is 18.2 Å². The van der Waals surface area contributed by atoms with E-state index in [0.29, 0.717) is 22.4 Å². The average Bonchev–Trinajstić information content (AvgIpc) is 2.80. The quantitative estimate of drug-likeness (QED) is 0.917. The molecule has 1 heterocycles. The van der Waals surface area contributed by atoms with Crippen molar-refractivity contribution in [1.82, 2.24) is 5.32 Å². The molecule has 2 rings (SSSR count). The first-order valence-electron chi connectivity index (χ1n) is 5.49. The van der Waals surface area contributed by atoms with Gasteiger partial charge >= 0.3 is 0 Å². The molecule has 0 aromatic heterocycles. The largest absolute Gasteiger partial charge is 0.489 e. The van der Waals surface area contributed by atoms with Crippen LogP contribution in [-0.4, -0.2) is 32.4 Å². The number of halogens is 2. The molecule has 17 heavy (non-hydrogen) atoms. The normalized spacial score (nSPS) is 23.9. The second kappa shape index (κ2) is 5.44. The highest BCUT2D eigenvalue weighted by Gasteiger charge is 2.34. The van der Waals surface area contributed by atoms with E-state index in [1.165, 1.54) is 0 Å². The van der Waals surface area contributed by atoms with E-state index in [4.69, 9.17) is 32.7 Å². The van der Waals surface area contributed by atoms with Crippen molar-refractivity contribution in [1.29, 1.82) is 0 Å². The molecule has 1 aromatic rings. The lowest BCUT2D eigenvalue weighted by Gasteiger charge is -2.26. The van der Waals surface area contributed by atoms with Crippen molar-refractivity contribution in [2.24, 2.45) is 0 Å². The van der Waals surface area contributed by atoms with E-state index in [0.717, 1.165) is 19.5 Å². The molecule has 0 saturated carbocycles. The molecule has 0 amide bonds. The van der Waals surface area contributed by atoms with Crippen molar-refractivity contribution in [2.45, 2.75) is 12.0 Å². The monoisotopic (exact) mass is 275 g/mol. The van der Waals surface area contributed by atoms with E-state index in [-0.39, 0.29) is 5.60 Å². The summed E-state index contributed by atoms with van der Waals surface area (Å²) in [5.74, 6) is 0.600. The second-order valence-corrected chi connectivity index (χ2v) is 5.02. The van der Waals surface area contributed by atoms with Gasteiger partial charge in [-0.1, -0.05) is 23.2 Å². The van der Waals surface area contributed by atoms with Crippen LogP contribution >= 0.6 is 23.2 Å². The van der Waals surface area contributed by atoms with Crippen molar-refractivity contribution < 1.29 is 9.47 Å². The number of methoxy groups -OCH3 is 1. The highest BCUT2D eigenvalue weighted by atomic mass is 35.5. The van der Waals surface area contributed by atoms with E-state index in [2.05, 4.69) is 5.32 Å². The van der Waals surface area contributed by atoms with Crippen LogP contribution in [0.25, 0.3) is 0 Å². The maximum atomic E-state index is 6.03. The van der Waals surface area contributed by atoms with Crippen LogP contribution in [0.3, 0.4) is 0 Å². The summed E-state index contributed by atoms with van der Waals surface area (Å²) in [6, 6.07) is 5.18. The van der Waals surface area contributed by atoms with Crippen LogP contribution in [0, 0.1) is 0 Å². The zero-order chi connectivity index (χ0) is 12.3. The SMILES string of the molecule is CO[C@@]1(COc2cc(Cl)ccc2Cl)CCNC1. The van der Waals surface area contributed by atoms with Gasteiger partial charge in [0.05, 0.1) is 5.02 Å². The number of benzene rings is 1. The molecule has 0 bridgehead atoms. The molecule has 1 N–H and O–H groups in total. The van der Waals surface area contributed by atoms with Crippen LogP contribution < -0.4 is 10.1 Å². The summed E-state index contributed by atoms with van der Waals surface area (Å²) < 4.78 is 11.2. The lowest BCUT2D eigenvalue weighted by molar-refractivity contribution is -0.0281. The number of rotatable bonds is 4. The smallest absolute Gasteiger partial charge is 0.139 e. The first-order chi connectivity index (χ1) is 8.15. The third kappa shape index (κ3) is 3.05. The van der Waals surface area contributed by atoms with Gasteiger partial charge in [-0.25, -0.2) is 0 Å². The predicted molar refractivity (Wildman–Crippen MR) is 69.2 cm³/mol. The van der Waals surface area contributed by atoms with Gasteiger partial charge < -0.3 is 14.8 Å². The minimum Gasteiger partial charge on any atom is -0.489 e. The lowest BCUT2D eigenvalue weighted by atomic mass is 10.1. The third-order valence-corrected chi connectivity index (χ3v) is 3.57. The molecule has 3 nitrogen and oxygen atoms in total. The molecule has 1 aromatic carbocycles. The molecule has 1 atom stereocenters. The van der Waals surface area contributed by atoms with E-state index < -0.39 is 0 Å². The number of hydrogen-bond acceptors (Lipinski definition) is 3. The standard InChI is InChI=1S/C12H15Cl2NO2/c1-16-12(4-5-15-7-12)8-17-11-6-9(13)2-3-10(11)14/h2-3,6,15H,4-5,7-8H2,1H3/t12-/m0/s1. The van der Waals surface area contributed by atoms with Crippen molar-refractivity contribution in [3.05, 3.63) is 28.2 Å². The minimum absolute atomic E-state index is 0.258. The molecule has 0 spiro atoms. The maximum Gasteiger partial charge on any atom is 0.139 e. The number of nitrogens with one attached hydrogen (secondary N) is 1. The van der Waals surface area contributed by atoms with Crippen molar-refractivity contribution in [3.8, 4) is 5.75 Å². The van der Waals surface area contributed by atoms with Crippen molar-refractivity contribution in [3.63, 3.8) is 0 Å². The van der Waals surface area contributed by atoms with E-state index >= 15 is 0 Å². The Kier molecular flexibility index (Phi) is 4.15. The first kappa shape index (κ1) is 13.0. The Balaban J connectivity index is 2.03. The van der Waals surface area contributed by atoms with Crippen LogP contribution in [0.2, 0.25) is 10.0 Å². The Bertz CT molecular complexity index is 392. The van der Waals surface area contributed by atoms with Crippen LogP contribution in [0.5, 0.6) is 5.75 Å². The van der Waals surface area contributed by atoms with Gasteiger partial charge in [-0.3, -0.25) is 0 Å². The predicted octanol–water partition coefficient (Wildman–Crippen LogP) is 2.75. The van der Waals surface area contributed by atoms with Gasteiger partial charge in [-0.15, -0.1) is 0 Å². The van der Waals surface area contributed by atoms with E-state index in [1.54, 1.807) is 25.3 Å². The fourth-order valence-corrected chi connectivity index (χ4v) is 2.21. The zero-order valence-electron chi connectivity index (χ0n) is 9.63. The van der Waals surface area contributed by atoms with Gasteiger partial charge in [0.15, 0.2) is 0 Å². The van der Waals surface area contributed by atoms with Gasteiger partial charge in [-0.05, 0) is 25.1 Å². The van der Waals surface area contributed by atoms with Gasteiger partial charge in [-0.2, -0.15) is 0 Å². The highest BCUT2D eigenvalue weighted by molar-refractivity contribution is 6.34. The molecular formula is C12H15Cl2NO2. The molecule has 94 valence electrons. The molecule has 1 aliphatic rings. The summed E-state index contributed by atoms with van der Waals surface area (Å²) in [4.78, 5) is 0. The lowest BCUT2D eigenvalue weighted by Crippen LogP contribution is -2.40. The third-order valence-electron chi connectivity index (χ3n) is 3.02. The Morgan fingerprint density at radius 1 is 1.41 bits per heavy atom. The number of ether oxygens (including phenoxy) is 2.